The molecule has 90 valence electrons. The van der Waals surface area contributed by atoms with Crippen LogP contribution in [0.3, 0.4) is 0 Å². The number of likely N-dealkylation sites (tertiary alicyclic amines) is 1. The lowest BCUT2D eigenvalue weighted by molar-refractivity contribution is 0.181. The third-order valence-electron chi connectivity index (χ3n) is 3.46. The molecule has 3 atom stereocenters. The normalized spacial score (nSPS) is 29.6. The highest BCUT2D eigenvalue weighted by Crippen LogP contribution is 2.25. The monoisotopic (exact) mass is 230 g/mol. The van der Waals surface area contributed by atoms with Gasteiger partial charge in [-0.25, -0.2) is 0 Å². The van der Waals surface area contributed by atoms with Crippen LogP contribution in [0.15, 0.2) is 0 Å². The maximum absolute atomic E-state index is 5.89. The van der Waals surface area contributed by atoms with Gasteiger partial charge in [0.25, 0.3) is 0 Å². The van der Waals surface area contributed by atoms with Gasteiger partial charge in [-0.05, 0) is 44.1 Å². The zero-order valence-electron chi connectivity index (χ0n) is 10.4. The average Bonchev–Trinajstić information content (AvgIpc) is 2.53. The first-order chi connectivity index (χ1) is 7.19. The summed E-state index contributed by atoms with van der Waals surface area (Å²) in [5.74, 6) is 2.13. The molecule has 1 heterocycles. The maximum Gasteiger partial charge on any atom is 0.0221 e. The second kappa shape index (κ2) is 6.77. The molecule has 1 fully saturated rings. The Morgan fingerprint density at radius 2 is 2.20 bits per heavy atom. The Kier molecular flexibility index (Phi) is 6.02. The van der Waals surface area contributed by atoms with Gasteiger partial charge in [0.2, 0.25) is 0 Å². The molecule has 0 aromatic carbocycles. The summed E-state index contributed by atoms with van der Waals surface area (Å²) in [4.78, 5) is 2.63. The summed E-state index contributed by atoms with van der Waals surface area (Å²) in [6.07, 6.45) is 6.10. The van der Waals surface area contributed by atoms with E-state index in [4.69, 9.17) is 5.73 Å². The largest absolute Gasteiger partial charge is 0.329 e. The van der Waals surface area contributed by atoms with Crippen molar-refractivity contribution in [2.24, 2.45) is 11.7 Å². The van der Waals surface area contributed by atoms with E-state index in [9.17, 15) is 0 Å². The Bertz CT molecular complexity index is 175. The van der Waals surface area contributed by atoms with E-state index in [1.807, 2.05) is 11.8 Å². The second-order valence-corrected chi connectivity index (χ2v) is 5.90. The SMILES string of the molecule is CSCCCC(CN)N1CC(C)CC1C. The standard InChI is InChI=1S/C12H26N2S/c1-10-7-11(2)14(9-10)12(8-13)5-4-6-15-3/h10-12H,4-9,13H2,1-3H3. The van der Waals surface area contributed by atoms with Crippen LogP contribution in [-0.2, 0) is 0 Å². The van der Waals surface area contributed by atoms with E-state index in [-0.39, 0.29) is 0 Å². The van der Waals surface area contributed by atoms with Gasteiger partial charge in [0, 0.05) is 25.2 Å². The minimum atomic E-state index is 0.622. The summed E-state index contributed by atoms with van der Waals surface area (Å²) in [7, 11) is 0. The van der Waals surface area contributed by atoms with Crippen molar-refractivity contribution in [2.45, 2.75) is 45.2 Å². The van der Waals surface area contributed by atoms with Crippen LogP contribution >= 0.6 is 11.8 Å². The summed E-state index contributed by atoms with van der Waals surface area (Å²) in [5, 5.41) is 0. The predicted octanol–water partition coefficient (Wildman–Crippen LogP) is 2.19. The highest BCUT2D eigenvalue weighted by Gasteiger charge is 2.30. The highest BCUT2D eigenvalue weighted by atomic mass is 32.2. The Balaban J connectivity index is 2.36. The molecule has 0 saturated carbocycles. The molecule has 15 heavy (non-hydrogen) atoms. The van der Waals surface area contributed by atoms with Crippen molar-refractivity contribution >= 4 is 11.8 Å². The van der Waals surface area contributed by atoms with Crippen LogP contribution < -0.4 is 5.73 Å². The van der Waals surface area contributed by atoms with Crippen LogP contribution in [0.5, 0.6) is 0 Å². The molecule has 0 bridgehead atoms. The van der Waals surface area contributed by atoms with Crippen LogP contribution in [0.2, 0.25) is 0 Å². The molecule has 1 aliphatic rings. The Hall–Kier alpha value is 0.270. The van der Waals surface area contributed by atoms with Crippen molar-refractivity contribution in [1.29, 1.82) is 0 Å². The third kappa shape index (κ3) is 3.97. The summed E-state index contributed by atoms with van der Waals surface area (Å²) in [5.41, 5.74) is 5.89. The first-order valence-electron chi connectivity index (χ1n) is 6.13. The quantitative estimate of drug-likeness (QED) is 0.709. The molecule has 3 heteroatoms. The van der Waals surface area contributed by atoms with Gasteiger partial charge in [0.15, 0.2) is 0 Å². The van der Waals surface area contributed by atoms with E-state index in [2.05, 4.69) is 25.0 Å². The van der Waals surface area contributed by atoms with Crippen LogP contribution in [0.1, 0.15) is 33.1 Å². The van der Waals surface area contributed by atoms with Crippen molar-refractivity contribution in [3.8, 4) is 0 Å². The molecule has 0 spiro atoms. The second-order valence-electron chi connectivity index (χ2n) is 4.91. The zero-order chi connectivity index (χ0) is 11.3. The van der Waals surface area contributed by atoms with E-state index in [1.54, 1.807) is 0 Å². The average molecular weight is 230 g/mol. The molecule has 2 N–H and O–H groups in total. The number of hydrogen-bond acceptors (Lipinski definition) is 3. The Morgan fingerprint density at radius 3 is 2.67 bits per heavy atom. The third-order valence-corrected chi connectivity index (χ3v) is 4.16. The highest BCUT2D eigenvalue weighted by molar-refractivity contribution is 7.98. The first kappa shape index (κ1) is 13.3. The molecule has 2 nitrogen and oxygen atoms in total. The number of nitrogens with two attached hydrogens (primary N) is 1. The summed E-state index contributed by atoms with van der Waals surface area (Å²) < 4.78 is 0. The molecule has 1 aliphatic heterocycles. The van der Waals surface area contributed by atoms with E-state index in [0.717, 1.165) is 18.5 Å². The summed E-state index contributed by atoms with van der Waals surface area (Å²) >= 11 is 1.94. The molecular formula is C12H26N2S. The molecule has 0 amide bonds. The summed E-state index contributed by atoms with van der Waals surface area (Å²) in [6.45, 7) is 6.78. The van der Waals surface area contributed by atoms with E-state index < -0.39 is 0 Å². The van der Waals surface area contributed by atoms with Crippen molar-refractivity contribution in [1.82, 2.24) is 4.90 Å². The number of nitrogens with zero attached hydrogens (tertiary/aromatic N) is 1. The number of hydrogen-bond donors (Lipinski definition) is 1. The van der Waals surface area contributed by atoms with E-state index >= 15 is 0 Å². The molecular weight excluding hydrogens is 204 g/mol. The molecule has 0 aliphatic carbocycles. The molecule has 0 aromatic rings. The van der Waals surface area contributed by atoms with Crippen molar-refractivity contribution in [3.63, 3.8) is 0 Å². The van der Waals surface area contributed by atoms with Gasteiger partial charge in [-0.2, -0.15) is 11.8 Å². The Morgan fingerprint density at radius 1 is 1.47 bits per heavy atom. The molecule has 1 rings (SSSR count). The van der Waals surface area contributed by atoms with E-state index in [1.165, 1.54) is 31.6 Å². The van der Waals surface area contributed by atoms with Gasteiger partial charge in [0.1, 0.15) is 0 Å². The van der Waals surface area contributed by atoms with Crippen molar-refractivity contribution in [2.75, 3.05) is 25.1 Å². The minimum Gasteiger partial charge on any atom is -0.329 e. The fourth-order valence-corrected chi connectivity index (χ4v) is 3.18. The molecule has 3 unspecified atom stereocenters. The zero-order valence-corrected chi connectivity index (χ0v) is 11.2. The minimum absolute atomic E-state index is 0.622. The van der Waals surface area contributed by atoms with Crippen molar-refractivity contribution < 1.29 is 0 Å². The number of rotatable bonds is 6. The maximum atomic E-state index is 5.89. The van der Waals surface area contributed by atoms with Crippen LogP contribution in [-0.4, -0.2) is 42.1 Å². The smallest absolute Gasteiger partial charge is 0.0221 e. The molecule has 1 saturated heterocycles. The molecule has 0 radical (unpaired) electrons. The fraction of sp³-hybridized carbons (Fsp3) is 1.00. The predicted molar refractivity (Wildman–Crippen MR) is 70.4 cm³/mol. The van der Waals surface area contributed by atoms with Gasteiger partial charge in [-0.15, -0.1) is 0 Å². The van der Waals surface area contributed by atoms with Gasteiger partial charge in [-0.1, -0.05) is 6.92 Å². The van der Waals surface area contributed by atoms with Gasteiger partial charge in [0.05, 0.1) is 0 Å². The van der Waals surface area contributed by atoms with Gasteiger partial charge < -0.3 is 5.73 Å². The lowest BCUT2D eigenvalue weighted by Gasteiger charge is -2.30. The lowest BCUT2D eigenvalue weighted by Crippen LogP contribution is -2.42. The topological polar surface area (TPSA) is 29.3 Å². The number of thioether (sulfide) groups is 1. The van der Waals surface area contributed by atoms with Crippen molar-refractivity contribution in [3.05, 3.63) is 0 Å². The first-order valence-corrected chi connectivity index (χ1v) is 7.53. The summed E-state index contributed by atoms with van der Waals surface area (Å²) in [6, 6.07) is 1.36. The van der Waals surface area contributed by atoms with Crippen LogP contribution in [0.25, 0.3) is 0 Å². The van der Waals surface area contributed by atoms with Gasteiger partial charge in [-0.3, -0.25) is 4.90 Å². The van der Waals surface area contributed by atoms with Gasteiger partial charge >= 0.3 is 0 Å². The van der Waals surface area contributed by atoms with E-state index in [0.29, 0.717) is 6.04 Å². The lowest BCUT2D eigenvalue weighted by atomic mass is 10.1. The van der Waals surface area contributed by atoms with Crippen LogP contribution in [0, 0.1) is 5.92 Å². The van der Waals surface area contributed by atoms with Crippen LogP contribution in [0.4, 0.5) is 0 Å². The molecule has 0 aromatic heterocycles. The fourth-order valence-electron chi connectivity index (χ4n) is 2.72. The Labute approximate surface area is 99.0 Å².